The lowest BCUT2D eigenvalue weighted by Gasteiger charge is -2.31. The molecule has 0 aliphatic rings. The maximum Gasteiger partial charge on any atom is 0.0546 e. The highest BCUT2D eigenvalue weighted by atomic mass is 32.1. The Labute approximate surface area is 345 Å². The van der Waals surface area contributed by atoms with Crippen LogP contribution >= 0.6 is 11.3 Å². The first kappa shape index (κ1) is 35.7. The molecule has 58 heavy (non-hydrogen) atoms. The van der Waals surface area contributed by atoms with E-state index in [9.17, 15) is 0 Å². The summed E-state index contributed by atoms with van der Waals surface area (Å²) in [5.41, 5.74) is 14.3. The SMILES string of the molecule is CC(C)(C)c1ccc(-c2ccc(N(c3ccc4sc5ccccc5c4c3)c3ccc4ccccc4c3-c3cccc(-c4ccccc4)c3)c(-c3ccccc3)c2)cc1. The Morgan fingerprint density at radius 2 is 0.966 bits per heavy atom. The largest absolute Gasteiger partial charge is 0.309 e. The molecule has 0 bridgehead atoms. The van der Waals surface area contributed by atoms with Gasteiger partial charge in [-0.25, -0.2) is 0 Å². The van der Waals surface area contributed by atoms with E-state index in [1.54, 1.807) is 0 Å². The highest BCUT2D eigenvalue weighted by Crippen LogP contribution is 2.49. The number of thiophene rings is 1. The van der Waals surface area contributed by atoms with Crippen LogP contribution in [0.15, 0.2) is 206 Å². The summed E-state index contributed by atoms with van der Waals surface area (Å²) in [5.74, 6) is 0. The second-order valence-electron chi connectivity index (χ2n) is 16.2. The van der Waals surface area contributed by atoms with Crippen molar-refractivity contribution in [3.63, 3.8) is 0 Å². The maximum absolute atomic E-state index is 2.51. The average molecular weight is 762 g/mol. The Morgan fingerprint density at radius 3 is 1.74 bits per heavy atom. The van der Waals surface area contributed by atoms with Gasteiger partial charge in [0, 0.05) is 37.0 Å². The van der Waals surface area contributed by atoms with Crippen molar-refractivity contribution in [2.75, 3.05) is 4.90 Å². The van der Waals surface area contributed by atoms with Crippen LogP contribution in [0.2, 0.25) is 0 Å². The molecule has 0 amide bonds. The van der Waals surface area contributed by atoms with E-state index in [1.165, 1.54) is 81.0 Å². The van der Waals surface area contributed by atoms with E-state index in [1.807, 2.05) is 11.3 Å². The van der Waals surface area contributed by atoms with Crippen molar-refractivity contribution in [2.24, 2.45) is 0 Å². The van der Waals surface area contributed by atoms with E-state index in [2.05, 4.69) is 232 Å². The van der Waals surface area contributed by atoms with Crippen LogP contribution < -0.4 is 4.90 Å². The monoisotopic (exact) mass is 761 g/mol. The van der Waals surface area contributed by atoms with Gasteiger partial charge in [-0.05, 0) is 104 Å². The predicted octanol–water partition coefficient (Wildman–Crippen LogP) is 16.6. The molecule has 1 aromatic heterocycles. The molecule has 0 radical (unpaired) electrons. The lowest BCUT2D eigenvalue weighted by molar-refractivity contribution is 0.590. The van der Waals surface area contributed by atoms with Crippen LogP contribution in [-0.4, -0.2) is 0 Å². The smallest absolute Gasteiger partial charge is 0.0546 e. The van der Waals surface area contributed by atoms with Gasteiger partial charge in [0.25, 0.3) is 0 Å². The topological polar surface area (TPSA) is 3.24 Å². The van der Waals surface area contributed by atoms with Crippen LogP contribution in [0, 0.1) is 0 Å². The van der Waals surface area contributed by atoms with Gasteiger partial charge in [0.1, 0.15) is 0 Å². The second-order valence-corrected chi connectivity index (χ2v) is 17.3. The third-order valence-electron chi connectivity index (χ3n) is 11.4. The molecule has 0 aliphatic heterocycles. The first-order valence-electron chi connectivity index (χ1n) is 20.1. The highest BCUT2D eigenvalue weighted by molar-refractivity contribution is 7.25. The summed E-state index contributed by atoms with van der Waals surface area (Å²) in [5, 5.41) is 4.99. The van der Waals surface area contributed by atoms with Crippen LogP contribution in [0.25, 0.3) is 75.5 Å². The average Bonchev–Trinajstić information content (AvgIpc) is 3.65. The summed E-state index contributed by atoms with van der Waals surface area (Å²) in [6.07, 6.45) is 0. The molecule has 1 heterocycles. The normalized spacial score (nSPS) is 11.7. The van der Waals surface area contributed by atoms with Crippen LogP contribution in [-0.2, 0) is 5.41 Å². The van der Waals surface area contributed by atoms with Crippen LogP contribution in [0.3, 0.4) is 0 Å². The van der Waals surface area contributed by atoms with Gasteiger partial charge in [-0.15, -0.1) is 11.3 Å². The molecule has 0 atom stereocenters. The molecular weight excluding hydrogens is 719 g/mol. The molecule has 9 aromatic carbocycles. The van der Waals surface area contributed by atoms with Gasteiger partial charge in [0.05, 0.1) is 11.4 Å². The van der Waals surface area contributed by atoms with Gasteiger partial charge >= 0.3 is 0 Å². The zero-order valence-electron chi connectivity index (χ0n) is 33.0. The standard InChI is InChI=1S/C56H43NS/c1-56(2,3)45-29-25-39(26-30-45)43-28-32-51(49(36-43)40-17-8-5-9-18-40)57(46-31-34-54-50(37-46)48-23-12-13-24-53(48)58-54)52-33-27-41-19-10-11-22-47(41)55(52)44-21-14-20-42(35-44)38-15-6-4-7-16-38/h4-37H,1-3H3. The number of anilines is 3. The molecule has 0 N–H and O–H groups in total. The summed E-state index contributed by atoms with van der Waals surface area (Å²) in [6.45, 7) is 6.82. The van der Waals surface area contributed by atoms with Crippen LogP contribution in [0.5, 0.6) is 0 Å². The zero-order chi connectivity index (χ0) is 39.2. The van der Waals surface area contributed by atoms with Crippen molar-refractivity contribution < 1.29 is 0 Å². The van der Waals surface area contributed by atoms with E-state index in [4.69, 9.17) is 0 Å². The van der Waals surface area contributed by atoms with Gasteiger partial charge < -0.3 is 4.90 Å². The minimum absolute atomic E-state index is 0.0884. The summed E-state index contributed by atoms with van der Waals surface area (Å²) in [4.78, 5) is 2.51. The molecule has 1 nitrogen and oxygen atoms in total. The Balaban J connectivity index is 1.26. The quantitative estimate of drug-likeness (QED) is 0.156. The van der Waals surface area contributed by atoms with Gasteiger partial charge in [-0.1, -0.05) is 178 Å². The van der Waals surface area contributed by atoms with Crippen molar-refractivity contribution in [3.05, 3.63) is 212 Å². The molecule has 10 aromatic rings. The van der Waals surface area contributed by atoms with E-state index in [0.29, 0.717) is 0 Å². The third-order valence-corrected chi connectivity index (χ3v) is 12.6. The fraction of sp³-hybridized carbons (Fsp3) is 0.0714. The Hall–Kier alpha value is -6.74. The molecule has 278 valence electrons. The molecule has 2 heteroatoms. The molecule has 10 rings (SSSR count). The first-order chi connectivity index (χ1) is 28.4. The fourth-order valence-electron chi connectivity index (χ4n) is 8.42. The van der Waals surface area contributed by atoms with Crippen molar-refractivity contribution in [1.29, 1.82) is 0 Å². The van der Waals surface area contributed by atoms with E-state index < -0.39 is 0 Å². The Bertz CT molecular complexity index is 3080. The molecule has 0 saturated carbocycles. The van der Waals surface area contributed by atoms with Crippen molar-refractivity contribution >= 4 is 59.3 Å². The summed E-state index contributed by atoms with van der Waals surface area (Å²) >= 11 is 1.86. The number of hydrogen-bond donors (Lipinski definition) is 0. The Morgan fingerprint density at radius 1 is 0.379 bits per heavy atom. The van der Waals surface area contributed by atoms with Crippen molar-refractivity contribution in [2.45, 2.75) is 26.2 Å². The summed E-state index contributed by atoms with van der Waals surface area (Å²) in [7, 11) is 0. The fourth-order valence-corrected chi connectivity index (χ4v) is 9.50. The minimum Gasteiger partial charge on any atom is -0.309 e. The molecule has 0 spiro atoms. The highest BCUT2D eigenvalue weighted by Gasteiger charge is 2.24. The number of hydrogen-bond acceptors (Lipinski definition) is 2. The number of rotatable bonds is 7. The van der Waals surface area contributed by atoms with E-state index in [0.717, 1.165) is 17.1 Å². The number of benzene rings is 9. The molecular formula is C56H43NS. The molecule has 0 saturated heterocycles. The van der Waals surface area contributed by atoms with E-state index in [-0.39, 0.29) is 5.41 Å². The summed E-state index contributed by atoms with van der Waals surface area (Å²) < 4.78 is 2.59. The van der Waals surface area contributed by atoms with Crippen LogP contribution in [0.4, 0.5) is 17.1 Å². The van der Waals surface area contributed by atoms with E-state index >= 15 is 0 Å². The van der Waals surface area contributed by atoms with Gasteiger partial charge in [0.2, 0.25) is 0 Å². The lowest BCUT2D eigenvalue weighted by Crippen LogP contribution is -2.13. The first-order valence-corrected chi connectivity index (χ1v) is 20.9. The number of nitrogens with zero attached hydrogens (tertiary/aromatic N) is 1. The van der Waals surface area contributed by atoms with Crippen molar-refractivity contribution in [1.82, 2.24) is 0 Å². The molecule has 0 fully saturated rings. The lowest BCUT2D eigenvalue weighted by atomic mass is 9.86. The minimum atomic E-state index is 0.0884. The molecule has 0 unspecified atom stereocenters. The Kier molecular flexibility index (Phi) is 9.00. The zero-order valence-corrected chi connectivity index (χ0v) is 33.8. The predicted molar refractivity (Wildman–Crippen MR) is 252 cm³/mol. The van der Waals surface area contributed by atoms with Gasteiger partial charge in [-0.3, -0.25) is 0 Å². The third kappa shape index (κ3) is 6.56. The van der Waals surface area contributed by atoms with Crippen molar-refractivity contribution in [3.8, 4) is 44.5 Å². The number of fused-ring (bicyclic) bond motifs is 4. The van der Waals surface area contributed by atoms with Gasteiger partial charge in [0.15, 0.2) is 0 Å². The second kappa shape index (κ2) is 14.6. The maximum atomic E-state index is 2.51. The van der Waals surface area contributed by atoms with Gasteiger partial charge in [-0.2, -0.15) is 0 Å². The molecule has 0 aliphatic carbocycles. The summed E-state index contributed by atoms with van der Waals surface area (Å²) in [6, 6.07) is 76.0. The van der Waals surface area contributed by atoms with Crippen LogP contribution in [0.1, 0.15) is 26.3 Å².